The van der Waals surface area contributed by atoms with Crippen LogP contribution in [0.3, 0.4) is 0 Å². The van der Waals surface area contributed by atoms with E-state index in [0.717, 1.165) is 77.9 Å². The number of nitrogens with zero attached hydrogens (tertiary/aromatic N) is 7. The summed E-state index contributed by atoms with van der Waals surface area (Å²) in [5, 5.41) is 3.88. The van der Waals surface area contributed by atoms with Crippen molar-refractivity contribution < 1.29 is 9.25 Å². The fourth-order valence-corrected chi connectivity index (χ4v) is 17.4. The molecule has 1 aliphatic carbocycles. The minimum absolute atomic E-state index is 0.791. The molecule has 14 heteroatoms. The van der Waals surface area contributed by atoms with Crippen LogP contribution in [-0.2, 0) is 9.25 Å². The molecule has 0 aromatic heterocycles. The molecule has 0 bridgehead atoms. The maximum Gasteiger partial charge on any atom is 0.379 e. The molecule has 0 saturated carbocycles. The van der Waals surface area contributed by atoms with Gasteiger partial charge in [0.05, 0.1) is 0 Å². The van der Waals surface area contributed by atoms with Crippen molar-refractivity contribution in [3.63, 3.8) is 0 Å². The molecule has 4 heterocycles. The summed E-state index contributed by atoms with van der Waals surface area (Å²) in [4.78, 5) is 0. The van der Waals surface area contributed by atoms with E-state index in [1.807, 2.05) is 10.1 Å². The highest BCUT2D eigenvalue weighted by Gasteiger charge is 2.48. The zero-order chi connectivity index (χ0) is 21.5. The van der Waals surface area contributed by atoms with Crippen molar-refractivity contribution in [3.8, 4) is 0 Å². The number of allylic oxidation sites excluding steroid dienone is 3. The van der Waals surface area contributed by atoms with Gasteiger partial charge < -0.3 is 0 Å². The number of rotatable bonds is 6. The van der Waals surface area contributed by atoms with E-state index in [-0.39, 0.29) is 0 Å². The van der Waals surface area contributed by atoms with Crippen LogP contribution < -0.4 is 0 Å². The minimum Gasteiger partial charge on any atom is -0.241 e. The summed E-state index contributed by atoms with van der Waals surface area (Å²) in [6, 6.07) is 0. The second kappa shape index (κ2) is 9.28. The number of halogens is 2. The molecule has 174 valence electrons. The van der Waals surface area contributed by atoms with Crippen molar-refractivity contribution in [1.29, 1.82) is 0 Å². The predicted octanol–water partition coefficient (Wildman–Crippen LogP) is 6.50. The Hall–Kier alpha value is 0.510. The van der Waals surface area contributed by atoms with E-state index in [4.69, 9.17) is 45.3 Å². The third-order valence-electron chi connectivity index (χ3n) is 6.01. The third kappa shape index (κ3) is 4.99. The van der Waals surface area contributed by atoms with Crippen molar-refractivity contribution in [2.24, 2.45) is 13.5 Å². The van der Waals surface area contributed by atoms with Gasteiger partial charge in [-0.25, -0.2) is 18.6 Å². The Morgan fingerprint density at radius 3 is 2.13 bits per heavy atom. The molecule has 1 spiro atoms. The Bertz CT molecular complexity index is 916. The minimum atomic E-state index is -3.12. The Balaban J connectivity index is 1.58. The van der Waals surface area contributed by atoms with Gasteiger partial charge in [-0.15, -0.1) is 0 Å². The zero-order valence-corrected chi connectivity index (χ0v) is 22.0. The molecule has 31 heavy (non-hydrogen) atoms. The average molecular weight is 528 g/mol. The fraction of sp³-hybridized carbons (Fsp3) is 0.765. The molecule has 1 atom stereocenters. The smallest absolute Gasteiger partial charge is 0.241 e. The molecule has 3 saturated heterocycles. The molecular formula is C17H30Cl2N7O2P3. The van der Waals surface area contributed by atoms with Gasteiger partial charge in [0.2, 0.25) is 7.51 Å². The summed E-state index contributed by atoms with van der Waals surface area (Å²) in [6.45, 7) is 5.86. The van der Waals surface area contributed by atoms with E-state index in [0.29, 0.717) is 0 Å². The summed E-state index contributed by atoms with van der Waals surface area (Å²) in [5.41, 5.74) is 1.35. The number of hydrogen-bond donors (Lipinski definition) is 0. The summed E-state index contributed by atoms with van der Waals surface area (Å²) in [6.07, 6.45) is 11.8. The molecule has 0 N–H and O–H groups in total. The number of hydrogen-bond acceptors (Lipinski definition) is 9. The highest BCUT2D eigenvalue weighted by molar-refractivity contribution is 8.13. The van der Waals surface area contributed by atoms with E-state index in [9.17, 15) is 0 Å². The average Bonchev–Trinajstić information content (AvgIpc) is 3.48. The standard InChI is InChI=1S/C17H30Cl2N7O2P3/c1-23-14-15-26(16-17-8-2-3-9-17)30(23)20-29(18,19)21-31(22-30,27-24-10-4-5-11-24)28-25-12-6-7-13-25/h2-3,8H,4-7,9-16H2,1H3. The second-order valence-electron chi connectivity index (χ2n) is 8.41. The van der Waals surface area contributed by atoms with Gasteiger partial charge in [0.1, 0.15) is 0 Å². The van der Waals surface area contributed by atoms with Crippen LogP contribution in [0.5, 0.6) is 0 Å². The second-order valence-corrected chi connectivity index (χ2v) is 18.4. The van der Waals surface area contributed by atoms with Crippen LogP contribution >= 0.6 is 43.6 Å². The molecule has 0 aromatic rings. The van der Waals surface area contributed by atoms with Gasteiger partial charge in [0.25, 0.3) is 5.91 Å². The van der Waals surface area contributed by atoms with Gasteiger partial charge in [-0.05, 0) is 61.6 Å². The lowest BCUT2D eigenvalue weighted by Gasteiger charge is -2.37. The van der Waals surface area contributed by atoms with Crippen LogP contribution in [0.2, 0.25) is 0 Å². The molecule has 5 rings (SSSR count). The Morgan fingerprint density at radius 2 is 1.55 bits per heavy atom. The van der Waals surface area contributed by atoms with E-state index in [2.05, 4.69) is 34.6 Å². The van der Waals surface area contributed by atoms with Crippen molar-refractivity contribution in [3.05, 3.63) is 23.8 Å². The summed E-state index contributed by atoms with van der Waals surface area (Å²) in [5.74, 6) is -3.03. The topological polar surface area (TPSA) is 68.5 Å². The quantitative estimate of drug-likeness (QED) is 0.367. The number of likely N-dealkylation sites (N-methyl/N-ethyl adjacent to an activating group) is 1. The van der Waals surface area contributed by atoms with Crippen LogP contribution in [0.25, 0.3) is 0 Å². The lowest BCUT2D eigenvalue weighted by atomic mass is 10.2. The van der Waals surface area contributed by atoms with Crippen LogP contribution in [0.4, 0.5) is 0 Å². The third-order valence-corrected chi connectivity index (χ3v) is 17.0. The van der Waals surface area contributed by atoms with Crippen molar-refractivity contribution >= 4 is 43.6 Å². The Kier molecular flexibility index (Phi) is 6.96. The molecule has 0 radical (unpaired) electrons. The van der Waals surface area contributed by atoms with Crippen LogP contribution in [0.1, 0.15) is 32.1 Å². The molecular weight excluding hydrogens is 498 g/mol. The first-order valence-corrected chi connectivity index (χ1v) is 17.5. The van der Waals surface area contributed by atoms with Gasteiger partial charge in [-0.2, -0.15) is 23.7 Å². The fourth-order valence-electron chi connectivity index (χ4n) is 4.42. The highest BCUT2D eigenvalue weighted by Crippen LogP contribution is 2.85. The monoisotopic (exact) mass is 527 g/mol. The first-order valence-electron chi connectivity index (χ1n) is 10.9. The Morgan fingerprint density at radius 1 is 0.903 bits per heavy atom. The largest absolute Gasteiger partial charge is 0.379 e. The van der Waals surface area contributed by atoms with Gasteiger partial charge in [0, 0.05) is 45.8 Å². The van der Waals surface area contributed by atoms with Crippen molar-refractivity contribution in [2.75, 3.05) is 52.9 Å². The van der Waals surface area contributed by atoms with Crippen molar-refractivity contribution in [2.45, 2.75) is 32.1 Å². The summed E-state index contributed by atoms with van der Waals surface area (Å²) >= 11 is 13.6. The lowest BCUT2D eigenvalue weighted by molar-refractivity contribution is -0.0930. The van der Waals surface area contributed by atoms with Crippen LogP contribution in [0, 0.1) is 0 Å². The van der Waals surface area contributed by atoms with Crippen molar-refractivity contribution in [1.82, 2.24) is 19.5 Å². The van der Waals surface area contributed by atoms with Gasteiger partial charge in [0.15, 0.2) is 0 Å². The molecule has 5 aliphatic rings. The van der Waals surface area contributed by atoms with Crippen LogP contribution in [0.15, 0.2) is 37.3 Å². The highest BCUT2D eigenvalue weighted by atomic mass is 35.9. The maximum atomic E-state index is 6.81. The normalized spacial score (nSPS) is 33.6. The molecule has 1 unspecified atom stereocenters. The molecule has 0 aromatic carbocycles. The first-order chi connectivity index (χ1) is 14.9. The molecule has 4 aliphatic heterocycles. The molecule has 0 amide bonds. The van der Waals surface area contributed by atoms with E-state index < -0.39 is 21.1 Å². The molecule has 3 fully saturated rings. The van der Waals surface area contributed by atoms with Gasteiger partial charge in [-0.1, -0.05) is 23.8 Å². The SMILES string of the molecule is CN1CCN(CC2=CC=CC2)P12=NP(ON1CCCC1)(ON1CCCC1)=NP(Cl)(Cl)=N2. The zero-order valence-electron chi connectivity index (χ0n) is 17.8. The summed E-state index contributed by atoms with van der Waals surface area (Å²) < 4.78 is 32.5. The van der Waals surface area contributed by atoms with E-state index in [1.54, 1.807) is 0 Å². The Labute approximate surface area is 194 Å². The van der Waals surface area contributed by atoms with E-state index in [1.165, 1.54) is 5.57 Å². The van der Waals surface area contributed by atoms with Gasteiger partial charge in [-0.3, -0.25) is 0 Å². The van der Waals surface area contributed by atoms with Crippen LogP contribution in [-0.4, -0.2) is 72.3 Å². The molecule has 9 nitrogen and oxygen atoms in total. The maximum absolute atomic E-state index is 6.81. The number of hydroxylamine groups is 4. The van der Waals surface area contributed by atoms with Gasteiger partial charge >= 0.3 is 7.66 Å². The lowest BCUT2D eigenvalue weighted by Crippen LogP contribution is -2.25. The summed E-state index contributed by atoms with van der Waals surface area (Å²) in [7, 11) is -3.63. The van der Waals surface area contributed by atoms with E-state index >= 15 is 0 Å². The first kappa shape index (κ1) is 23.3. The predicted molar refractivity (Wildman–Crippen MR) is 130 cm³/mol.